The van der Waals surface area contributed by atoms with E-state index in [0.717, 1.165) is 35.2 Å². The zero-order valence-electron chi connectivity index (χ0n) is 11.1. The topological polar surface area (TPSA) is 71.1 Å². The summed E-state index contributed by atoms with van der Waals surface area (Å²) in [4.78, 5) is 27.3. The molecular formula is C14H15N3O2S. The van der Waals surface area contributed by atoms with Crippen LogP contribution in [0.5, 0.6) is 0 Å². The Hall–Kier alpha value is -1.95. The number of fused-ring (bicyclic) bond motifs is 1. The summed E-state index contributed by atoms with van der Waals surface area (Å²) >= 11 is 1.42. The Bertz CT molecular complexity index is 676. The highest BCUT2D eigenvalue weighted by Gasteiger charge is 2.25. The molecule has 0 atom stereocenters. The first kappa shape index (κ1) is 13.1. The van der Waals surface area contributed by atoms with Gasteiger partial charge in [0.2, 0.25) is 11.8 Å². The Balaban J connectivity index is 1.79. The molecule has 1 aromatic heterocycles. The fraction of sp³-hybridized carbons (Fsp3) is 0.357. The van der Waals surface area contributed by atoms with Gasteiger partial charge >= 0.3 is 0 Å². The molecule has 1 heterocycles. The average molecular weight is 289 g/mol. The highest BCUT2D eigenvalue weighted by Crippen LogP contribution is 2.31. The van der Waals surface area contributed by atoms with Crippen LogP contribution >= 0.6 is 11.3 Å². The van der Waals surface area contributed by atoms with Crippen LogP contribution in [0.25, 0.3) is 10.2 Å². The van der Waals surface area contributed by atoms with Gasteiger partial charge in [-0.3, -0.25) is 9.59 Å². The number of carbonyl (C=O) groups is 2. The van der Waals surface area contributed by atoms with Crippen molar-refractivity contribution >= 4 is 44.2 Å². The lowest BCUT2D eigenvalue weighted by molar-refractivity contribution is -0.122. The predicted octanol–water partition coefficient (Wildman–Crippen LogP) is 2.99. The van der Waals surface area contributed by atoms with E-state index in [1.807, 2.05) is 12.1 Å². The van der Waals surface area contributed by atoms with Gasteiger partial charge in [-0.15, -0.1) is 0 Å². The minimum atomic E-state index is -0.104. The molecular weight excluding hydrogens is 274 g/mol. The van der Waals surface area contributed by atoms with Crippen LogP contribution in [0.4, 0.5) is 10.8 Å². The number of hydrogen-bond acceptors (Lipinski definition) is 4. The fourth-order valence-electron chi connectivity index (χ4n) is 2.14. The number of hydrogen-bond donors (Lipinski definition) is 2. The number of carbonyl (C=O) groups excluding carboxylic acids is 2. The van der Waals surface area contributed by atoms with Gasteiger partial charge in [0.15, 0.2) is 5.13 Å². The highest BCUT2D eigenvalue weighted by molar-refractivity contribution is 7.22. The number of nitrogens with one attached hydrogen (secondary N) is 2. The van der Waals surface area contributed by atoms with E-state index in [4.69, 9.17) is 0 Å². The maximum absolute atomic E-state index is 11.9. The van der Waals surface area contributed by atoms with Gasteiger partial charge in [-0.05, 0) is 31.0 Å². The van der Waals surface area contributed by atoms with Crippen molar-refractivity contribution in [2.75, 3.05) is 10.6 Å². The van der Waals surface area contributed by atoms with E-state index in [1.54, 1.807) is 6.07 Å². The zero-order valence-corrected chi connectivity index (χ0v) is 11.9. The number of benzene rings is 1. The number of rotatable bonds is 3. The summed E-state index contributed by atoms with van der Waals surface area (Å²) in [5.74, 6) is 0.113. The molecule has 3 rings (SSSR count). The first-order valence-electron chi connectivity index (χ1n) is 6.61. The van der Waals surface area contributed by atoms with E-state index in [2.05, 4.69) is 15.6 Å². The fourth-order valence-corrected chi connectivity index (χ4v) is 3.05. The van der Waals surface area contributed by atoms with Crippen LogP contribution in [-0.2, 0) is 9.59 Å². The van der Waals surface area contributed by atoms with Crippen LogP contribution in [0.1, 0.15) is 26.2 Å². The molecule has 1 fully saturated rings. The van der Waals surface area contributed by atoms with Crippen LogP contribution < -0.4 is 10.6 Å². The van der Waals surface area contributed by atoms with Gasteiger partial charge < -0.3 is 10.6 Å². The van der Waals surface area contributed by atoms with Crippen molar-refractivity contribution in [2.24, 2.45) is 5.92 Å². The lowest BCUT2D eigenvalue weighted by atomic mass is 9.85. The molecule has 1 aromatic carbocycles. The summed E-state index contributed by atoms with van der Waals surface area (Å²) in [6.07, 6.45) is 3.09. The van der Waals surface area contributed by atoms with Gasteiger partial charge in [-0.25, -0.2) is 4.98 Å². The summed E-state index contributed by atoms with van der Waals surface area (Å²) in [6.45, 7) is 1.47. The second-order valence-corrected chi connectivity index (χ2v) is 6.03. The van der Waals surface area contributed by atoms with Crippen molar-refractivity contribution in [1.82, 2.24) is 4.98 Å². The third-order valence-corrected chi connectivity index (χ3v) is 4.35. The summed E-state index contributed by atoms with van der Waals surface area (Å²) < 4.78 is 0.945. The van der Waals surface area contributed by atoms with Crippen molar-refractivity contribution in [2.45, 2.75) is 26.2 Å². The third kappa shape index (κ3) is 2.65. The molecule has 0 saturated heterocycles. The van der Waals surface area contributed by atoms with E-state index in [-0.39, 0.29) is 17.7 Å². The van der Waals surface area contributed by atoms with E-state index in [1.165, 1.54) is 18.3 Å². The highest BCUT2D eigenvalue weighted by atomic mass is 32.1. The Labute approximate surface area is 120 Å². The van der Waals surface area contributed by atoms with Crippen molar-refractivity contribution < 1.29 is 9.59 Å². The Kier molecular flexibility index (Phi) is 3.40. The number of nitrogens with zero attached hydrogens (tertiary/aromatic N) is 1. The molecule has 2 aromatic rings. The minimum absolute atomic E-state index is 0.0670. The first-order chi connectivity index (χ1) is 9.61. The maximum Gasteiger partial charge on any atom is 0.229 e. The Morgan fingerprint density at radius 2 is 2.10 bits per heavy atom. The second-order valence-electron chi connectivity index (χ2n) is 5.00. The van der Waals surface area contributed by atoms with Crippen molar-refractivity contribution in [3.63, 3.8) is 0 Å². The van der Waals surface area contributed by atoms with Crippen LogP contribution in [0, 0.1) is 5.92 Å². The van der Waals surface area contributed by atoms with E-state index >= 15 is 0 Å². The second kappa shape index (κ2) is 5.20. The Morgan fingerprint density at radius 1 is 1.30 bits per heavy atom. The summed E-state index contributed by atoms with van der Waals surface area (Å²) in [6, 6.07) is 5.52. The molecule has 6 heteroatoms. The van der Waals surface area contributed by atoms with Gasteiger partial charge in [0.05, 0.1) is 10.2 Å². The molecule has 0 radical (unpaired) electrons. The van der Waals surface area contributed by atoms with Gasteiger partial charge in [-0.2, -0.15) is 0 Å². The minimum Gasteiger partial charge on any atom is -0.326 e. The number of thiazole rings is 1. The standard InChI is InChI=1S/C14H15N3O2S/c1-8(18)15-10-5-6-11-12(7-10)20-14(16-11)17-13(19)9-3-2-4-9/h5-7,9H,2-4H2,1H3,(H,15,18)(H,16,17,19). The van der Waals surface area contributed by atoms with E-state index < -0.39 is 0 Å². The monoisotopic (exact) mass is 289 g/mol. The van der Waals surface area contributed by atoms with Crippen LogP contribution in [0.2, 0.25) is 0 Å². The molecule has 104 valence electrons. The SMILES string of the molecule is CC(=O)Nc1ccc2nc(NC(=O)C3CCC3)sc2c1. The maximum atomic E-state index is 11.9. The zero-order chi connectivity index (χ0) is 14.1. The summed E-state index contributed by atoms with van der Waals surface area (Å²) in [5.41, 5.74) is 1.57. The summed E-state index contributed by atoms with van der Waals surface area (Å²) in [7, 11) is 0. The van der Waals surface area contributed by atoms with Gasteiger partial charge in [0.1, 0.15) is 0 Å². The number of amides is 2. The predicted molar refractivity (Wildman–Crippen MR) is 79.9 cm³/mol. The Morgan fingerprint density at radius 3 is 2.75 bits per heavy atom. The third-order valence-electron chi connectivity index (χ3n) is 3.41. The number of anilines is 2. The van der Waals surface area contributed by atoms with Crippen LogP contribution in [0.3, 0.4) is 0 Å². The normalized spacial score (nSPS) is 14.8. The molecule has 1 aliphatic carbocycles. The quantitative estimate of drug-likeness (QED) is 0.912. The smallest absolute Gasteiger partial charge is 0.229 e. The van der Waals surface area contributed by atoms with E-state index in [0.29, 0.717) is 5.13 Å². The van der Waals surface area contributed by atoms with Crippen molar-refractivity contribution in [1.29, 1.82) is 0 Å². The van der Waals surface area contributed by atoms with Gasteiger partial charge in [0, 0.05) is 18.5 Å². The van der Waals surface area contributed by atoms with E-state index in [9.17, 15) is 9.59 Å². The van der Waals surface area contributed by atoms with Crippen LogP contribution in [-0.4, -0.2) is 16.8 Å². The molecule has 0 spiro atoms. The molecule has 1 aliphatic rings. The molecule has 5 nitrogen and oxygen atoms in total. The van der Waals surface area contributed by atoms with Crippen LogP contribution in [0.15, 0.2) is 18.2 Å². The molecule has 0 aliphatic heterocycles. The molecule has 0 unspecified atom stereocenters. The largest absolute Gasteiger partial charge is 0.326 e. The lowest BCUT2D eigenvalue weighted by Crippen LogP contribution is -2.27. The molecule has 2 N–H and O–H groups in total. The first-order valence-corrected chi connectivity index (χ1v) is 7.42. The molecule has 20 heavy (non-hydrogen) atoms. The molecule has 1 saturated carbocycles. The molecule has 0 bridgehead atoms. The van der Waals surface area contributed by atoms with Gasteiger partial charge in [0.25, 0.3) is 0 Å². The lowest BCUT2D eigenvalue weighted by Gasteiger charge is -2.23. The average Bonchev–Trinajstić information content (AvgIpc) is 2.66. The van der Waals surface area contributed by atoms with Gasteiger partial charge in [-0.1, -0.05) is 17.8 Å². The summed E-state index contributed by atoms with van der Waals surface area (Å²) in [5, 5.41) is 6.23. The van der Waals surface area contributed by atoms with Crippen molar-refractivity contribution in [3.8, 4) is 0 Å². The molecule has 2 amide bonds. The number of aromatic nitrogens is 1. The van der Waals surface area contributed by atoms with Crippen molar-refractivity contribution in [3.05, 3.63) is 18.2 Å².